The summed E-state index contributed by atoms with van der Waals surface area (Å²) < 4.78 is 12.9. The molecular formula is C21H29N5O3. The van der Waals surface area contributed by atoms with E-state index in [1.54, 1.807) is 10.9 Å². The Bertz CT molecular complexity index is 825. The second-order valence-electron chi connectivity index (χ2n) is 8.89. The Morgan fingerprint density at radius 2 is 2.10 bits per heavy atom. The first-order chi connectivity index (χ1) is 14.2. The molecule has 0 aromatic carbocycles. The van der Waals surface area contributed by atoms with Crippen molar-refractivity contribution in [2.45, 2.75) is 62.8 Å². The molecule has 0 radical (unpaired) electrons. The number of ether oxygens (including phenoxy) is 1. The van der Waals surface area contributed by atoms with Gasteiger partial charge in [0.2, 0.25) is 11.8 Å². The number of amides is 1. The molecule has 3 aliphatic rings. The second-order valence-corrected chi connectivity index (χ2v) is 8.89. The Balaban J connectivity index is 1.36. The van der Waals surface area contributed by atoms with Crippen LogP contribution in [0.3, 0.4) is 0 Å². The molecule has 1 unspecified atom stereocenters. The van der Waals surface area contributed by atoms with Crippen LogP contribution in [0.2, 0.25) is 0 Å². The summed E-state index contributed by atoms with van der Waals surface area (Å²) >= 11 is 0. The maximum Gasteiger partial charge on any atom is 0.244 e. The number of carbonyl (C=O) groups is 1. The largest absolute Gasteiger partial charge is 0.381 e. The maximum absolute atomic E-state index is 12.9. The number of nitrogens with zero attached hydrogens (tertiary/aromatic N) is 5. The summed E-state index contributed by atoms with van der Waals surface area (Å²) in [6, 6.07) is 1.85. The van der Waals surface area contributed by atoms with Crippen LogP contribution in [-0.4, -0.2) is 57.0 Å². The number of hydrogen-bond acceptors (Lipinski definition) is 6. The van der Waals surface area contributed by atoms with Crippen molar-refractivity contribution in [3.05, 3.63) is 30.2 Å². The molecule has 0 N–H and O–H groups in total. The summed E-state index contributed by atoms with van der Waals surface area (Å²) in [5.41, 5.74) is -0.188. The van der Waals surface area contributed by atoms with Crippen molar-refractivity contribution in [2.75, 3.05) is 26.3 Å². The Hall–Kier alpha value is -2.22. The van der Waals surface area contributed by atoms with Gasteiger partial charge in [0.25, 0.3) is 0 Å². The van der Waals surface area contributed by atoms with E-state index in [1.807, 2.05) is 17.2 Å². The molecule has 2 aliphatic heterocycles. The van der Waals surface area contributed by atoms with Crippen LogP contribution in [0.15, 0.2) is 23.0 Å². The van der Waals surface area contributed by atoms with Gasteiger partial charge in [0.05, 0.1) is 5.41 Å². The van der Waals surface area contributed by atoms with Gasteiger partial charge >= 0.3 is 0 Å². The summed E-state index contributed by atoms with van der Waals surface area (Å²) in [5.74, 6) is 2.69. The van der Waals surface area contributed by atoms with Crippen molar-refractivity contribution in [1.82, 2.24) is 24.8 Å². The molecule has 1 amide bonds. The van der Waals surface area contributed by atoms with E-state index in [9.17, 15) is 4.79 Å². The molecule has 0 spiro atoms. The summed E-state index contributed by atoms with van der Waals surface area (Å²) in [5, 5.41) is 8.63. The van der Waals surface area contributed by atoms with Gasteiger partial charge in [-0.1, -0.05) is 18.0 Å². The highest BCUT2D eigenvalue weighted by molar-refractivity contribution is 5.76. The van der Waals surface area contributed by atoms with Gasteiger partial charge in [0, 0.05) is 44.6 Å². The van der Waals surface area contributed by atoms with E-state index in [0.717, 1.165) is 69.5 Å². The normalized spacial score (nSPS) is 26.0. The van der Waals surface area contributed by atoms with Gasteiger partial charge in [0.15, 0.2) is 5.82 Å². The third-order valence-corrected chi connectivity index (χ3v) is 6.65. The monoisotopic (exact) mass is 399 g/mol. The standard InChI is InChI=1S/C21H29N5O3/c27-18(14-26-10-2-8-22-26)25-9-1-7-21(15-25,13-16-3-4-16)20-23-19(29-24-20)17-5-11-28-12-6-17/h2,8,10,16-17H,1,3-7,9,11-15H2. The van der Waals surface area contributed by atoms with Crippen LogP contribution < -0.4 is 0 Å². The average Bonchev–Trinajstić information content (AvgIpc) is 3.21. The Morgan fingerprint density at radius 1 is 1.24 bits per heavy atom. The van der Waals surface area contributed by atoms with E-state index in [1.165, 1.54) is 12.8 Å². The molecule has 2 saturated heterocycles. The van der Waals surface area contributed by atoms with E-state index >= 15 is 0 Å². The van der Waals surface area contributed by atoms with Crippen LogP contribution in [0.25, 0.3) is 0 Å². The smallest absolute Gasteiger partial charge is 0.244 e. The molecule has 3 fully saturated rings. The lowest BCUT2D eigenvalue weighted by atomic mass is 9.74. The fourth-order valence-electron chi connectivity index (χ4n) is 4.85. The fraction of sp³-hybridized carbons (Fsp3) is 0.714. The van der Waals surface area contributed by atoms with Crippen molar-refractivity contribution in [1.29, 1.82) is 0 Å². The van der Waals surface area contributed by atoms with E-state index < -0.39 is 0 Å². The van der Waals surface area contributed by atoms with Gasteiger partial charge in [-0.05, 0) is 44.1 Å². The lowest BCUT2D eigenvalue weighted by Gasteiger charge is -2.41. The van der Waals surface area contributed by atoms with Crippen molar-refractivity contribution in [2.24, 2.45) is 5.92 Å². The molecule has 2 aromatic heterocycles. The van der Waals surface area contributed by atoms with Crippen LogP contribution in [0.4, 0.5) is 0 Å². The minimum atomic E-state index is -0.188. The second kappa shape index (κ2) is 7.89. The highest BCUT2D eigenvalue weighted by Crippen LogP contribution is 2.46. The van der Waals surface area contributed by atoms with Gasteiger partial charge in [-0.3, -0.25) is 9.48 Å². The van der Waals surface area contributed by atoms with Crippen LogP contribution in [0.5, 0.6) is 0 Å². The van der Waals surface area contributed by atoms with Crippen LogP contribution in [-0.2, 0) is 21.5 Å². The molecular weight excluding hydrogens is 370 g/mol. The highest BCUT2D eigenvalue weighted by atomic mass is 16.5. The first-order valence-electron chi connectivity index (χ1n) is 10.9. The SMILES string of the molecule is O=C(Cn1cccn1)N1CCCC(CC2CC2)(c2noc(C3CCOCC3)n2)C1. The summed E-state index contributed by atoms with van der Waals surface area (Å²) in [6.07, 6.45) is 11.0. The summed E-state index contributed by atoms with van der Waals surface area (Å²) in [7, 11) is 0. The third-order valence-electron chi connectivity index (χ3n) is 6.65. The van der Waals surface area contributed by atoms with Crippen molar-refractivity contribution >= 4 is 5.91 Å². The van der Waals surface area contributed by atoms with Crippen LogP contribution in [0, 0.1) is 5.92 Å². The van der Waals surface area contributed by atoms with Crippen molar-refractivity contribution in [3.8, 4) is 0 Å². The van der Waals surface area contributed by atoms with E-state index in [-0.39, 0.29) is 17.9 Å². The van der Waals surface area contributed by atoms with Crippen molar-refractivity contribution in [3.63, 3.8) is 0 Å². The topological polar surface area (TPSA) is 86.3 Å². The van der Waals surface area contributed by atoms with Gasteiger partial charge < -0.3 is 14.2 Å². The molecule has 4 heterocycles. The average molecular weight is 399 g/mol. The lowest BCUT2D eigenvalue weighted by Crippen LogP contribution is -2.50. The van der Waals surface area contributed by atoms with Gasteiger partial charge in [-0.25, -0.2) is 0 Å². The summed E-state index contributed by atoms with van der Waals surface area (Å²) in [4.78, 5) is 19.8. The first-order valence-corrected chi connectivity index (χ1v) is 10.9. The lowest BCUT2D eigenvalue weighted by molar-refractivity contribution is -0.134. The molecule has 1 atom stereocenters. The zero-order chi connectivity index (χ0) is 19.7. The molecule has 0 bridgehead atoms. The molecule has 1 aliphatic carbocycles. The number of piperidine rings is 1. The maximum atomic E-state index is 12.9. The molecule has 1 saturated carbocycles. The first kappa shape index (κ1) is 18.8. The van der Waals surface area contributed by atoms with E-state index in [2.05, 4.69) is 10.3 Å². The number of carbonyl (C=O) groups excluding carboxylic acids is 1. The van der Waals surface area contributed by atoms with E-state index in [4.69, 9.17) is 14.2 Å². The summed E-state index contributed by atoms with van der Waals surface area (Å²) in [6.45, 7) is 3.26. The van der Waals surface area contributed by atoms with Crippen LogP contribution in [0.1, 0.15) is 62.6 Å². The number of aromatic nitrogens is 4. The van der Waals surface area contributed by atoms with Gasteiger partial charge in [0.1, 0.15) is 6.54 Å². The molecule has 5 rings (SSSR count). The molecule has 2 aromatic rings. The number of hydrogen-bond donors (Lipinski definition) is 0. The quantitative estimate of drug-likeness (QED) is 0.742. The fourth-order valence-corrected chi connectivity index (χ4v) is 4.85. The number of rotatable bonds is 6. The predicted molar refractivity (Wildman–Crippen MR) is 104 cm³/mol. The van der Waals surface area contributed by atoms with Crippen LogP contribution >= 0.6 is 0 Å². The van der Waals surface area contributed by atoms with E-state index in [0.29, 0.717) is 12.5 Å². The molecule has 156 valence electrons. The van der Waals surface area contributed by atoms with Crippen molar-refractivity contribution < 1.29 is 14.1 Å². The molecule has 8 nitrogen and oxygen atoms in total. The molecule has 29 heavy (non-hydrogen) atoms. The minimum absolute atomic E-state index is 0.113. The Morgan fingerprint density at radius 3 is 2.86 bits per heavy atom. The highest BCUT2D eigenvalue weighted by Gasteiger charge is 2.46. The Kier molecular flexibility index (Phi) is 5.11. The zero-order valence-electron chi connectivity index (χ0n) is 16.8. The Labute approximate surface area is 170 Å². The predicted octanol–water partition coefficient (Wildman–Crippen LogP) is 2.52. The zero-order valence-corrected chi connectivity index (χ0v) is 16.8. The third kappa shape index (κ3) is 4.08. The molecule has 8 heteroatoms. The van der Waals surface area contributed by atoms with Gasteiger partial charge in [-0.2, -0.15) is 10.1 Å². The number of likely N-dealkylation sites (tertiary alicyclic amines) is 1. The van der Waals surface area contributed by atoms with Gasteiger partial charge in [-0.15, -0.1) is 0 Å². The minimum Gasteiger partial charge on any atom is -0.381 e.